The Morgan fingerprint density at radius 2 is 1.69 bits per heavy atom. The Morgan fingerprint density at radius 1 is 1.07 bits per heavy atom. The maximum absolute atomic E-state index is 13.4. The van der Waals surface area contributed by atoms with Crippen molar-refractivity contribution < 1.29 is 22.7 Å². The second-order valence-corrected chi connectivity index (χ2v) is 9.00. The molecule has 158 valence electrons. The van der Waals surface area contributed by atoms with Crippen LogP contribution in [0.2, 0.25) is 5.02 Å². The SMILES string of the molecule is COc1ccc(S(=O)(=O)N(CC(=O)NCC(C)C)c2ccc(Cl)cc2)cc1OC. The molecule has 9 heteroatoms. The minimum Gasteiger partial charge on any atom is -0.493 e. The van der Waals surface area contributed by atoms with E-state index in [1.54, 1.807) is 24.3 Å². The van der Waals surface area contributed by atoms with E-state index in [0.29, 0.717) is 23.0 Å². The number of anilines is 1. The fraction of sp³-hybridized carbons (Fsp3) is 0.350. The molecule has 0 saturated heterocycles. The fourth-order valence-corrected chi connectivity index (χ4v) is 4.09. The maximum atomic E-state index is 13.4. The molecule has 0 fully saturated rings. The summed E-state index contributed by atoms with van der Waals surface area (Å²) in [6.45, 7) is 3.99. The van der Waals surface area contributed by atoms with Crippen LogP contribution < -0.4 is 19.1 Å². The summed E-state index contributed by atoms with van der Waals surface area (Å²) in [5.74, 6) is 0.510. The van der Waals surface area contributed by atoms with Crippen molar-refractivity contribution in [3.05, 3.63) is 47.5 Å². The average Bonchev–Trinajstić information content (AvgIpc) is 2.70. The highest BCUT2D eigenvalue weighted by Gasteiger charge is 2.28. The molecule has 7 nitrogen and oxygen atoms in total. The normalized spacial score (nSPS) is 11.2. The molecule has 0 spiro atoms. The van der Waals surface area contributed by atoms with Crippen LogP contribution in [0.1, 0.15) is 13.8 Å². The van der Waals surface area contributed by atoms with Gasteiger partial charge in [0.2, 0.25) is 5.91 Å². The molecule has 0 saturated carbocycles. The van der Waals surface area contributed by atoms with Gasteiger partial charge in [-0.1, -0.05) is 25.4 Å². The third-order valence-electron chi connectivity index (χ3n) is 4.05. The number of nitrogens with zero attached hydrogens (tertiary/aromatic N) is 1. The van der Waals surface area contributed by atoms with Gasteiger partial charge in [0.05, 0.1) is 24.8 Å². The van der Waals surface area contributed by atoms with Crippen LogP contribution in [-0.4, -0.2) is 41.6 Å². The van der Waals surface area contributed by atoms with Crippen LogP contribution in [0, 0.1) is 5.92 Å². The van der Waals surface area contributed by atoms with Crippen LogP contribution in [0.4, 0.5) is 5.69 Å². The minimum atomic E-state index is -4.06. The molecule has 2 aromatic carbocycles. The first-order chi connectivity index (χ1) is 13.7. The number of halogens is 1. The van der Waals surface area contributed by atoms with Gasteiger partial charge in [-0.05, 0) is 42.3 Å². The van der Waals surface area contributed by atoms with E-state index in [1.807, 2.05) is 13.8 Å². The molecule has 0 atom stereocenters. The van der Waals surface area contributed by atoms with Gasteiger partial charge in [0.15, 0.2) is 11.5 Å². The third kappa shape index (κ3) is 5.77. The molecule has 1 N–H and O–H groups in total. The first-order valence-electron chi connectivity index (χ1n) is 8.96. The van der Waals surface area contributed by atoms with Crippen LogP contribution in [-0.2, 0) is 14.8 Å². The zero-order valence-electron chi connectivity index (χ0n) is 16.8. The van der Waals surface area contributed by atoms with Crippen molar-refractivity contribution in [1.82, 2.24) is 5.32 Å². The van der Waals surface area contributed by atoms with Gasteiger partial charge in [0.1, 0.15) is 6.54 Å². The van der Waals surface area contributed by atoms with Crippen LogP contribution in [0.3, 0.4) is 0 Å². The summed E-state index contributed by atoms with van der Waals surface area (Å²) in [4.78, 5) is 12.4. The van der Waals surface area contributed by atoms with Crippen LogP contribution >= 0.6 is 11.6 Å². The molecular weight excluding hydrogens is 416 g/mol. The number of ether oxygens (including phenoxy) is 2. The number of hydrogen-bond acceptors (Lipinski definition) is 5. The van der Waals surface area contributed by atoms with E-state index in [2.05, 4.69) is 5.32 Å². The monoisotopic (exact) mass is 440 g/mol. The van der Waals surface area contributed by atoms with Crippen molar-refractivity contribution in [1.29, 1.82) is 0 Å². The van der Waals surface area contributed by atoms with Gasteiger partial charge in [-0.15, -0.1) is 0 Å². The quantitative estimate of drug-likeness (QED) is 0.646. The highest BCUT2D eigenvalue weighted by atomic mass is 35.5. The second-order valence-electron chi connectivity index (χ2n) is 6.70. The number of rotatable bonds is 9. The summed E-state index contributed by atoms with van der Waals surface area (Å²) in [5.41, 5.74) is 0.323. The lowest BCUT2D eigenvalue weighted by atomic mass is 10.2. The van der Waals surface area contributed by atoms with Crippen LogP contribution in [0.5, 0.6) is 11.5 Å². The fourth-order valence-electron chi connectivity index (χ4n) is 2.53. The van der Waals surface area contributed by atoms with Crippen molar-refractivity contribution >= 4 is 33.2 Å². The lowest BCUT2D eigenvalue weighted by Gasteiger charge is -2.24. The molecule has 2 rings (SSSR count). The molecule has 1 amide bonds. The van der Waals surface area contributed by atoms with Crippen molar-refractivity contribution in [3.63, 3.8) is 0 Å². The van der Waals surface area contributed by atoms with Gasteiger partial charge in [0.25, 0.3) is 10.0 Å². The van der Waals surface area contributed by atoms with Gasteiger partial charge in [-0.2, -0.15) is 0 Å². The van der Waals surface area contributed by atoms with E-state index in [0.717, 1.165) is 4.31 Å². The molecule has 0 aliphatic heterocycles. The molecule has 0 unspecified atom stereocenters. The molecule has 0 aromatic heterocycles. The minimum absolute atomic E-state index is 0.0261. The zero-order chi connectivity index (χ0) is 21.6. The molecule has 0 bridgehead atoms. The van der Waals surface area contributed by atoms with Crippen molar-refractivity contribution in [3.8, 4) is 11.5 Å². The Hall–Kier alpha value is -2.45. The van der Waals surface area contributed by atoms with Crippen molar-refractivity contribution in [2.45, 2.75) is 18.7 Å². The molecule has 0 aliphatic rings. The van der Waals surface area contributed by atoms with E-state index in [-0.39, 0.29) is 23.1 Å². The number of carbonyl (C=O) groups excluding carboxylic acids is 1. The molecule has 0 radical (unpaired) electrons. The average molecular weight is 441 g/mol. The standard InChI is InChI=1S/C20H25ClN2O5S/c1-14(2)12-22-20(24)13-23(16-7-5-15(21)6-8-16)29(25,26)17-9-10-18(27-3)19(11-17)28-4/h5-11,14H,12-13H2,1-4H3,(H,22,24). The van der Waals surface area contributed by atoms with E-state index >= 15 is 0 Å². The summed E-state index contributed by atoms with van der Waals surface area (Å²) < 4.78 is 38.2. The highest BCUT2D eigenvalue weighted by Crippen LogP contribution is 2.32. The zero-order valence-corrected chi connectivity index (χ0v) is 18.4. The summed E-state index contributed by atoms with van der Waals surface area (Å²) >= 11 is 5.93. The predicted octanol–water partition coefficient (Wildman–Crippen LogP) is 3.32. The Bertz CT molecular complexity index is 946. The third-order valence-corrected chi connectivity index (χ3v) is 6.07. The van der Waals surface area contributed by atoms with Gasteiger partial charge < -0.3 is 14.8 Å². The first kappa shape index (κ1) is 22.8. The smallest absolute Gasteiger partial charge is 0.264 e. The largest absolute Gasteiger partial charge is 0.493 e. The Kier molecular flexibility index (Phi) is 7.75. The van der Waals surface area contributed by atoms with Crippen LogP contribution in [0.25, 0.3) is 0 Å². The molecule has 0 heterocycles. The van der Waals surface area contributed by atoms with Gasteiger partial charge in [-0.25, -0.2) is 8.42 Å². The first-order valence-corrected chi connectivity index (χ1v) is 10.8. The summed E-state index contributed by atoms with van der Waals surface area (Å²) in [6, 6.07) is 10.5. The summed E-state index contributed by atoms with van der Waals surface area (Å²) in [5, 5.41) is 3.20. The predicted molar refractivity (Wildman–Crippen MR) is 113 cm³/mol. The van der Waals surface area contributed by atoms with E-state index in [1.165, 1.54) is 32.4 Å². The Labute approximate surface area is 176 Å². The molecule has 29 heavy (non-hydrogen) atoms. The number of carbonyl (C=O) groups is 1. The second kappa shape index (κ2) is 9.84. The van der Waals surface area contributed by atoms with Gasteiger partial charge >= 0.3 is 0 Å². The van der Waals surface area contributed by atoms with Crippen LogP contribution in [0.15, 0.2) is 47.4 Å². The van der Waals surface area contributed by atoms with E-state index in [4.69, 9.17) is 21.1 Å². The van der Waals surface area contributed by atoms with E-state index < -0.39 is 15.9 Å². The van der Waals surface area contributed by atoms with E-state index in [9.17, 15) is 13.2 Å². The Balaban J connectivity index is 2.45. The number of benzene rings is 2. The topological polar surface area (TPSA) is 84.9 Å². The lowest BCUT2D eigenvalue weighted by Crippen LogP contribution is -2.41. The number of nitrogens with one attached hydrogen (secondary N) is 1. The molecule has 2 aromatic rings. The number of hydrogen-bond donors (Lipinski definition) is 1. The maximum Gasteiger partial charge on any atom is 0.264 e. The lowest BCUT2D eigenvalue weighted by molar-refractivity contribution is -0.119. The Morgan fingerprint density at radius 3 is 2.24 bits per heavy atom. The molecular formula is C20H25ClN2O5S. The summed E-state index contributed by atoms with van der Waals surface area (Å²) in [6.07, 6.45) is 0. The molecule has 0 aliphatic carbocycles. The van der Waals surface area contributed by atoms with Gasteiger partial charge in [-0.3, -0.25) is 9.10 Å². The van der Waals surface area contributed by atoms with Crippen molar-refractivity contribution in [2.24, 2.45) is 5.92 Å². The number of amides is 1. The van der Waals surface area contributed by atoms with Crippen molar-refractivity contribution in [2.75, 3.05) is 31.6 Å². The van der Waals surface area contributed by atoms with Gasteiger partial charge in [0, 0.05) is 17.6 Å². The summed E-state index contributed by atoms with van der Waals surface area (Å²) in [7, 11) is -1.18. The number of sulfonamides is 1. The number of methoxy groups -OCH3 is 2. The highest BCUT2D eigenvalue weighted by molar-refractivity contribution is 7.92.